The molecule has 138 valence electrons. The number of amides is 2. The summed E-state index contributed by atoms with van der Waals surface area (Å²) in [6, 6.07) is 9.60. The van der Waals surface area contributed by atoms with Crippen molar-refractivity contribution < 1.29 is 9.59 Å². The number of halogens is 2. The molecule has 3 aromatic rings. The molecule has 0 saturated heterocycles. The fourth-order valence-electron chi connectivity index (χ4n) is 2.39. The van der Waals surface area contributed by atoms with Gasteiger partial charge in [0.15, 0.2) is 0 Å². The molecule has 2 aromatic carbocycles. The Hall–Kier alpha value is -3.10. The molecule has 10 heteroatoms. The predicted octanol–water partition coefficient (Wildman–Crippen LogP) is 2.72. The van der Waals surface area contributed by atoms with E-state index in [1.54, 1.807) is 30.3 Å². The van der Waals surface area contributed by atoms with Crippen molar-refractivity contribution in [2.24, 2.45) is 5.73 Å². The van der Waals surface area contributed by atoms with Gasteiger partial charge in [-0.15, -0.1) is 0 Å². The first-order valence-corrected chi connectivity index (χ1v) is 8.47. The van der Waals surface area contributed by atoms with E-state index in [-0.39, 0.29) is 18.0 Å². The highest BCUT2D eigenvalue weighted by Gasteiger charge is 2.13. The van der Waals surface area contributed by atoms with Crippen molar-refractivity contribution in [3.63, 3.8) is 0 Å². The summed E-state index contributed by atoms with van der Waals surface area (Å²) in [4.78, 5) is 27.8. The number of benzene rings is 2. The molecule has 0 saturated carbocycles. The van der Waals surface area contributed by atoms with Crippen LogP contribution < -0.4 is 16.4 Å². The van der Waals surface area contributed by atoms with Crippen molar-refractivity contribution in [2.45, 2.75) is 0 Å². The van der Waals surface area contributed by atoms with Gasteiger partial charge in [-0.1, -0.05) is 23.2 Å². The molecule has 27 heavy (non-hydrogen) atoms. The van der Waals surface area contributed by atoms with E-state index in [0.717, 1.165) is 0 Å². The topological polar surface area (TPSA) is 115 Å². The number of aromatic nitrogens is 3. The van der Waals surface area contributed by atoms with Crippen LogP contribution in [0, 0.1) is 0 Å². The number of anilines is 2. The zero-order valence-corrected chi connectivity index (χ0v) is 15.3. The second kappa shape index (κ2) is 8.07. The molecule has 0 spiro atoms. The number of carbonyl (C=O) groups excluding carboxylic acids is 2. The highest BCUT2D eigenvalue weighted by atomic mass is 35.5. The first kappa shape index (κ1) is 18.7. The number of hydrogen-bond donors (Lipinski definition) is 3. The van der Waals surface area contributed by atoms with Gasteiger partial charge in [-0.2, -0.15) is 5.10 Å². The maximum Gasteiger partial charge on any atom is 0.250 e. The van der Waals surface area contributed by atoms with Crippen molar-refractivity contribution in [3.05, 3.63) is 64.7 Å². The summed E-state index contributed by atoms with van der Waals surface area (Å²) in [5, 5.41) is 10.5. The fourth-order valence-corrected chi connectivity index (χ4v) is 2.73. The molecule has 3 rings (SSSR count). The maximum atomic E-state index is 12.4. The Morgan fingerprint density at radius 3 is 2.52 bits per heavy atom. The van der Waals surface area contributed by atoms with Crippen LogP contribution in [0.1, 0.15) is 10.4 Å². The minimum atomic E-state index is -0.649. The number of carbonyl (C=O) groups is 2. The Balaban J connectivity index is 1.74. The molecule has 0 bridgehead atoms. The van der Waals surface area contributed by atoms with Gasteiger partial charge in [-0.25, -0.2) is 9.67 Å². The summed E-state index contributed by atoms with van der Waals surface area (Å²) in [5.41, 5.74) is 7.01. The third-order valence-corrected chi connectivity index (χ3v) is 4.05. The van der Waals surface area contributed by atoms with Crippen molar-refractivity contribution in [2.75, 3.05) is 17.2 Å². The monoisotopic (exact) mass is 404 g/mol. The van der Waals surface area contributed by atoms with Gasteiger partial charge < -0.3 is 16.4 Å². The second-order valence-corrected chi connectivity index (χ2v) is 6.33. The van der Waals surface area contributed by atoms with Crippen LogP contribution >= 0.6 is 23.2 Å². The zero-order valence-electron chi connectivity index (χ0n) is 13.8. The SMILES string of the molecule is NC(=O)c1cc(Cl)ccc1NCC(=O)Nc1cc(Cl)ccc1-n1cncn1. The van der Waals surface area contributed by atoms with E-state index < -0.39 is 5.91 Å². The largest absolute Gasteiger partial charge is 0.375 e. The van der Waals surface area contributed by atoms with Crippen LogP contribution in [0.2, 0.25) is 10.0 Å². The van der Waals surface area contributed by atoms with Gasteiger partial charge in [0.25, 0.3) is 5.91 Å². The van der Waals surface area contributed by atoms with Crippen LogP contribution in [0.4, 0.5) is 11.4 Å². The van der Waals surface area contributed by atoms with E-state index in [1.165, 1.54) is 23.4 Å². The third kappa shape index (κ3) is 4.55. The van der Waals surface area contributed by atoms with E-state index in [1.807, 2.05) is 0 Å². The van der Waals surface area contributed by atoms with Crippen molar-refractivity contribution in [1.82, 2.24) is 14.8 Å². The van der Waals surface area contributed by atoms with Gasteiger partial charge in [0, 0.05) is 15.7 Å². The van der Waals surface area contributed by atoms with Gasteiger partial charge in [-0.3, -0.25) is 9.59 Å². The zero-order chi connectivity index (χ0) is 19.4. The summed E-state index contributed by atoms with van der Waals surface area (Å²) in [5.74, 6) is -1.01. The van der Waals surface area contributed by atoms with Crippen LogP contribution in [0.15, 0.2) is 49.1 Å². The van der Waals surface area contributed by atoms with Crippen molar-refractivity contribution in [3.8, 4) is 5.69 Å². The van der Waals surface area contributed by atoms with Crippen LogP contribution in [-0.4, -0.2) is 33.1 Å². The van der Waals surface area contributed by atoms with Gasteiger partial charge in [0.05, 0.1) is 23.5 Å². The Bertz CT molecular complexity index is 991. The van der Waals surface area contributed by atoms with Crippen LogP contribution in [0.5, 0.6) is 0 Å². The summed E-state index contributed by atoms with van der Waals surface area (Å²) in [6.45, 7) is -0.106. The van der Waals surface area contributed by atoms with E-state index >= 15 is 0 Å². The fraction of sp³-hybridized carbons (Fsp3) is 0.0588. The Kier molecular flexibility index (Phi) is 5.58. The lowest BCUT2D eigenvalue weighted by Crippen LogP contribution is -2.24. The highest BCUT2D eigenvalue weighted by molar-refractivity contribution is 6.31. The molecule has 0 aliphatic rings. The Morgan fingerprint density at radius 1 is 1.07 bits per heavy atom. The average molecular weight is 405 g/mol. The van der Waals surface area contributed by atoms with Crippen LogP contribution in [0.3, 0.4) is 0 Å². The highest BCUT2D eigenvalue weighted by Crippen LogP contribution is 2.24. The quantitative estimate of drug-likeness (QED) is 0.584. The van der Waals surface area contributed by atoms with E-state index in [9.17, 15) is 9.59 Å². The lowest BCUT2D eigenvalue weighted by atomic mass is 10.1. The van der Waals surface area contributed by atoms with E-state index in [4.69, 9.17) is 28.9 Å². The van der Waals surface area contributed by atoms with Gasteiger partial charge in [0.1, 0.15) is 12.7 Å². The third-order valence-electron chi connectivity index (χ3n) is 3.58. The number of nitrogens with two attached hydrogens (primary N) is 1. The maximum absolute atomic E-state index is 12.4. The number of nitrogens with one attached hydrogen (secondary N) is 2. The summed E-state index contributed by atoms with van der Waals surface area (Å²) >= 11 is 11.9. The molecule has 0 fully saturated rings. The van der Waals surface area contributed by atoms with Crippen LogP contribution in [0.25, 0.3) is 5.69 Å². The molecule has 0 aliphatic heterocycles. The smallest absolute Gasteiger partial charge is 0.250 e. The number of hydrogen-bond acceptors (Lipinski definition) is 5. The molecule has 2 amide bonds. The number of primary amides is 1. The van der Waals surface area contributed by atoms with Crippen molar-refractivity contribution in [1.29, 1.82) is 0 Å². The minimum Gasteiger partial charge on any atom is -0.375 e. The lowest BCUT2D eigenvalue weighted by molar-refractivity contribution is -0.114. The Morgan fingerprint density at radius 2 is 1.81 bits per heavy atom. The van der Waals surface area contributed by atoms with Gasteiger partial charge in [0.2, 0.25) is 5.91 Å². The first-order valence-electron chi connectivity index (χ1n) is 7.71. The summed E-state index contributed by atoms with van der Waals surface area (Å²) in [6.07, 6.45) is 2.89. The summed E-state index contributed by atoms with van der Waals surface area (Å²) in [7, 11) is 0. The standard InChI is InChI=1S/C17H14Cl2N6O2/c18-10-1-3-13(12(5-10)17(20)27)22-7-16(26)24-14-6-11(19)2-4-15(14)25-9-21-8-23-25/h1-6,8-9,22H,7H2,(H2,20,27)(H,24,26). The molecule has 1 aromatic heterocycles. The molecule has 0 atom stereocenters. The minimum absolute atomic E-state index is 0.106. The van der Waals surface area contributed by atoms with Gasteiger partial charge in [-0.05, 0) is 36.4 Å². The molecule has 1 heterocycles. The molecular weight excluding hydrogens is 391 g/mol. The molecular formula is C17H14Cl2N6O2. The molecule has 0 aliphatic carbocycles. The van der Waals surface area contributed by atoms with Crippen LogP contribution in [-0.2, 0) is 4.79 Å². The van der Waals surface area contributed by atoms with E-state index in [0.29, 0.717) is 27.1 Å². The van der Waals surface area contributed by atoms with Gasteiger partial charge >= 0.3 is 0 Å². The second-order valence-electron chi connectivity index (χ2n) is 5.46. The van der Waals surface area contributed by atoms with Crippen molar-refractivity contribution >= 4 is 46.4 Å². The summed E-state index contributed by atoms with van der Waals surface area (Å²) < 4.78 is 1.50. The Labute approximate surface area is 164 Å². The molecule has 4 N–H and O–H groups in total. The number of rotatable bonds is 6. The molecule has 8 nitrogen and oxygen atoms in total. The van der Waals surface area contributed by atoms with E-state index in [2.05, 4.69) is 20.7 Å². The normalized spacial score (nSPS) is 10.4. The lowest BCUT2D eigenvalue weighted by Gasteiger charge is -2.13. The number of nitrogens with zero attached hydrogens (tertiary/aromatic N) is 3. The first-order chi connectivity index (χ1) is 12.9. The average Bonchev–Trinajstić information content (AvgIpc) is 3.15. The molecule has 0 radical (unpaired) electrons. The predicted molar refractivity (Wildman–Crippen MR) is 103 cm³/mol. The molecule has 0 unspecified atom stereocenters.